The summed E-state index contributed by atoms with van der Waals surface area (Å²) in [6, 6.07) is 6.90. The quantitative estimate of drug-likeness (QED) is 0.567. The lowest BCUT2D eigenvalue weighted by Crippen LogP contribution is -2.69. The van der Waals surface area contributed by atoms with Crippen LogP contribution in [-0.2, 0) is 14.3 Å². The van der Waals surface area contributed by atoms with E-state index in [2.05, 4.69) is 0 Å². The van der Waals surface area contributed by atoms with Crippen molar-refractivity contribution in [1.82, 2.24) is 4.90 Å². The molecule has 4 aliphatic rings. The third kappa shape index (κ3) is 2.42. The van der Waals surface area contributed by atoms with Crippen LogP contribution in [0.4, 0.5) is 5.69 Å². The minimum atomic E-state index is -1.40. The van der Waals surface area contributed by atoms with Gasteiger partial charge in [-0.25, -0.2) is 4.79 Å². The number of carbonyl (C=O) groups is 3. The Morgan fingerprint density at radius 2 is 1.93 bits per heavy atom. The average molecular weight is 409 g/mol. The van der Waals surface area contributed by atoms with Crippen molar-refractivity contribution >= 4 is 46.7 Å². The number of amides is 2. The molecule has 5 rings (SSSR count). The van der Waals surface area contributed by atoms with Crippen molar-refractivity contribution in [3.8, 4) is 0 Å². The Morgan fingerprint density at radius 3 is 2.59 bits per heavy atom. The number of anilines is 1. The van der Waals surface area contributed by atoms with E-state index in [1.807, 2.05) is 0 Å². The molecule has 1 aromatic rings. The predicted octanol–water partition coefficient (Wildman–Crippen LogP) is 2.86. The summed E-state index contributed by atoms with van der Waals surface area (Å²) in [5.41, 5.74) is -0.472. The molecule has 1 aromatic carbocycles. The van der Waals surface area contributed by atoms with E-state index >= 15 is 0 Å². The lowest BCUT2D eigenvalue weighted by molar-refractivity contribution is -0.158. The van der Waals surface area contributed by atoms with Gasteiger partial charge in [-0.05, 0) is 31.4 Å². The van der Waals surface area contributed by atoms with Gasteiger partial charge in [0.2, 0.25) is 11.6 Å². The molecule has 0 bridgehead atoms. The highest BCUT2D eigenvalue weighted by molar-refractivity contribution is 6.50. The molecule has 2 saturated carbocycles. The normalized spacial score (nSPS) is 30.8. The molecule has 6 nitrogen and oxygen atoms in total. The number of carbonyl (C=O) groups excluding carboxylic acids is 3. The van der Waals surface area contributed by atoms with E-state index in [-0.39, 0.29) is 43.2 Å². The van der Waals surface area contributed by atoms with Crippen molar-refractivity contribution in [1.29, 1.82) is 0 Å². The van der Waals surface area contributed by atoms with Gasteiger partial charge in [-0.15, -0.1) is 23.2 Å². The van der Waals surface area contributed by atoms with E-state index in [1.54, 1.807) is 29.2 Å². The van der Waals surface area contributed by atoms with Crippen LogP contribution in [-0.4, -0.2) is 45.3 Å². The van der Waals surface area contributed by atoms with E-state index in [1.165, 1.54) is 4.90 Å². The summed E-state index contributed by atoms with van der Waals surface area (Å²) >= 11 is 12.1. The molecule has 1 saturated heterocycles. The molecule has 142 valence electrons. The fourth-order valence-electron chi connectivity index (χ4n) is 4.25. The number of benzene rings is 1. The Kier molecular flexibility index (Phi) is 3.60. The molecule has 2 heterocycles. The van der Waals surface area contributed by atoms with Gasteiger partial charge in [0, 0.05) is 24.8 Å². The molecular weight excluding hydrogens is 391 g/mol. The maximum absolute atomic E-state index is 13.3. The Bertz CT molecular complexity index is 869. The van der Waals surface area contributed by atoms with Crippen molar-refractivity contribution in [3.05, 3.63) is 29.8 Å². The van der Waals surface area contributed by atoms with E-state index in [0.29, 0.717) is 17.7 Å². The van der Waals surface area contributed by atoms with E-state index in [0.717, 1.165) is 12.8 Å². The number of fused-ring (bicyclic) bond motifs is 3. The van der Waals surface area contributed by atoms with Crippen molar-refractivity contribution in [2.45, 2.75) is 48.1 Å². The Morgan fingerprint density at radius 1 is 1.22 bits per heavy atom. The van der Waals surface area contributed by atoms with E-state index in [4.69, 9.17) is 27.9 Å². The lowest BCUT2D eigenvalue weighted by atomic mass is 9.96. The molecule has 2 aliphatic carbocycles. The minimum absolute atomic E-state index is 0.0483. The summed E-state index contributed by atoms with van der Waals surface area (Å²) in [4.78, 5) is 42.4. The standard InChI is InChI=1S/C19H18Cl2N2O4/c20-18(21)9-11(18)10-27-17(26)19-8-7-15(24)23(19)14-4-2-1-3-13(14)16(25)22(19)12-5-6-12/h1-4,11-12H,5-10H2/t11-,19+/m0/s1. The first kappa shape index (κ1) is 17.3. The minimum Gasteiger partial charge on any atom is -0.462 e. The van der Waals surface area contributed by atoms with Crippen LogP contribution < -0.4 is 4.90 Å². The summed E-state index contributed by atoms with van der Waals surface area (Å²) < 4.78 is 4.72. The fourth-order valence-corrected chi connectivity index (χ4v) is 4.75. The van der Waals surface area contributed by atoms with Crippen molar-refractivity contribution < 1.29 is 19.1 Å². The lowest BCUT2D eigenvalue weighted by Gasteiger charge is -2.48. The third-order valence-electron chi connectivity index (χ3n) is 5.91. The highest BCUT2D eigenvalue weighted by Crippen LogP contribution is 2.54. The topological polar surface area (TPSA) is 66.9 Å². The number of hydrogen-bond acceptors (Lipinski definition) is 4. The zero-order valence-electron chi connectivity index (χ0n) is 14.5. The van der Waals surface area contributed by atoms with Gasteiger partial charge in [0.15, 0.2) is 0 Å². The van der Waals surface area contributed by atoms with Gasteiger partial charge in [0.05, 0.1) is 17.9 Å². The summed E-state index contributed by atoms with van der Waals surface area (Å²) in [7, 11) is 0. The first-order valence-electron chi connectivity index (χ1n) is 9.17. The molecule has 0 radical (unpaired) electrons. The molecule has 8 heteroatoms. The van der Waals surface area contributed by atoms with Crippen LogP contribution in [0.5, 0.6) is 0 Å². The van der Waals surface area contributed by atoms with Gasteiger partial charge in [-0.3, -0.25) is 14.5 Å². The molecule has 0 N–H and O–H groups in total. The SMILES string of the molecule is O=C1CC[C@]2(C(=O)OC[C@@H]3CC3(Cl)Cl)N1c1ccccc1C(=O)N2C1CC1. The second kappa shape index (κ2) is 5.61. The van der Waals surface area contributed by atoms with Crippen molar-refractivity contribution in [2.75, 3.05) is 11.5 Å². The van der Waals surface area contributed by atoms with Crippen LogP contribution in [0.25, 0.3) is 0 Å². The number of alkyl halides is 2. The summed E-state index contributed by atoms with van der Waals surface area (Å²) in [5, 5.41) is 0. The second-order valence-electron chi connectivity index (χ2n) is 7.73. The number of esters is 1. The van der Waals surface area contributed by atoms with Crippen LogP contribution in [0.15, 0.2) is 24.3 Å². The summed E-state index contributed by atoms with van der Waals surface area (Å²) in [5.74, 6) is -1.08. The highest BCUT2D eigenvalue weighted by Gasteiger charge is 2.65. The maximum Gasteiger partial charge on any atom is 0.353 e. The van der Waals surface area contributed by atoms with Gasteiger partial charge >= 0.3 is 5.97 Å². The number of para-hydroxylation sites is 1. The summed E-state index contributed by atoms with van der Waals surface area (Å²) in [6.45, 7) is 0.0873. The molecule has 0 aromatic heterocycles. The van der Waals surface area contributed by atoms with Crippen molar-refractivity contribution in [2.24, 2.45) is 5.92 Å². The third-order valence-corrected chi connectivity index (χ3v) is 6.84. The molecule has 0 spiro atoms. The zero-order valence-corrected chi connectivity index (χ0v) is 16.0. The first-order chi connectivity index (χ1) is 12.9. The van der Waals surface area contributed by atoms with Gasteiger partial charge in [0.25, 0.3) is 5.91 Å². The number of halogens is 2. The monoisotopic (exact) mass is 408 g/mol. The first-order valence-corrected chi connectivity index (χ1v) is 9.92. The van der Waals surface area contributed by atoms with Gasteiger partial charge in [0.1, 0.15) is 4.33 Å². The molecule has 2 amide bonds. The van der Waals surface area contributed by atoms with E-state index < -0.39 is 16.0 Å². The second-order valence-corrected chi connectivity index (χ2v) is 9.27. The number of rotatable bonds is 4. The fraction of sp³-hybridized carbons (Fsp3) is 0.526. The molecule has 3 fully saturated rings. The van der Waals surface area contributed by atoms with Crippen LogP contribution >= 0.6 is 23.2 Å². The number of nitrogens with zero attached hydrogens (tertiary/aromatic N) is 2. The summed E-state index contributed by atoms with van der Waals surface area (Å²) in [6.07, 6.45) is 2.63. The Labute approximate surface area is 166 Å². The Balaban J connectivity index is 1.56. The largest absolute Gasteiger partial charge is 0.462 e. The number of ether oxygens (including phenoxy) is 1. The van der Waals surface area contributed by atoms with Gasteiger partial charge < -0.3 is 9.64 Å². The van der Waals surface area contributed by atoms with Gasteiger partial charge in [-0.2, -0.15) is 0 Å². The number of hydrogen-bond donors (Lipinski definition) is 0. The van der Waals surface area contributed by atoms with Crippen LogP contribution in [0.1, 0.15) is 42.5 Å². The van der Waals surface area contributed by atoms with Crippen LogP contribution in [0.2, 0.25) is 0 Å². The highest BCUT2D eigenvalue weighted by atomic mass is 35.5. The maximum atomic E-state index is 13.3. The van der Waals surface area contributed by atoms with Crippen LogP contribution in [0.3, 0.4) is 0 Å². The average Bonchev–Trinajstić information content (AvgIpc) is 3.53. The Hall–Kier alpha value is -1.79. The molecule has 27 heavy (non-hydrogen) atoms. The smallest absolute Gasteiger partial charge is 0.353 e. The predicted molar refractivity (Wildman–Crippen MR) is 98.6 cm³/mol. The molecule has 2 aliphatic heterocycles. The molecule has 2 atom stereocenters. The zero-order chi connectivity index (χ0) is 19.0. The van der Waals surface area contributed by atoms with E-state index in [9.17, 15) is 14.4 Å². The van der Waals surface area contributed by atoms with Gasteiger partial charge in [-0.1, -0.05) is 12.1 Å². The molecule has 0 unspecified atom stereocenters. The molecular formula is C19H18Cl2N2O4. The van der Waals surface area contributed by atoms with Crippen LogP contribution in [0, 0.1) is 5.92 Å². The van der Waals surface area contributed by atoms with Crippen molar-refractivity contribution in [3.63, 3.8) is 0 Å².